The Morgan fingerprint density at radius 2 is 1.77 bits per heavy atom. The molecule has 1 unspecified atom stereocenters. The van der Waals surface area contributed by atoms with Crippen LogP contribution in [0.1, 0.15) is 23.6 Å². The Bertz CT molecular complexity index is 1070. The van der Waals surface area contributed by atoms with Crippen molar-refractivity contribution in [3.05, 3.63) is 64.2 Å². The van der Waals surface area contributed by atoms with Crippen LogP contribution in [0, 0.1) is 13.8 Å². The Balaban J connectivity index is 2.43. The molecule has 0 spiro atoms. The standard InChI is InChI=1S/C22H28ClN3O4S/c1-15-8-6-11-20(16(15)2)26(31(5,29)30)14-21(27)25(17(3)22(28)24-4)13-18-9-7-10-19(23)12-18/h6-12,17H,13-14H2,1-5H3,(H,24,28). The Hall–Kier alpha value is -2.58. The van der Waals surface area contributed by atoms with Gasteiger partial charge in [-0.1, -0.05) is 35.9 Å². The maximum Gasteiger partial charge on any atom is 0.244 e. The van der Waals surface area contributed by atoms with Gasteiger partial charge < -0.3 is 10.2 Å². The first-order valence-electron chi connectivity index (χ1n) is 9.75. The minimum absolute atomic E-state index is 0.110. The molecule has 1 atom stereocenters. The fourth-order valence-corrected chi connectivity index (χ4v) is 4.34. The highest BCUT2D eigenvalue weighted by atomic mass is 35.5. The van der Waals surface area contributed by atoms with Gasteiger partial charge in [-0.05, 0) is 55.7 Å². The van der Waals surface area contributed by atoms with Crippen LogP contribution < -0.4 is 9.62 Å². The Labute approximate surface area is 189 Å². The van der Waals surface area contributed by atoms with Gasteiger partial charge in [0, 0.05) is 18.6 Å². The van der Waals surface area contributed by atoms with Crippen molar-refractivity contribution in [3.63, 3.8) is 0 Å². The lowest BCUT2D eigenvalue weighted by molar-refractivity contribution is -0.139. The van der Waals surface area contributed by atoms with E-state index in [1.807, 2.05) is 19.9 Å². The molecular weight excluding hydrogens is 438 g/mol. The molecule has 0 saturated heterocycles. The van der Waals surface area contributed by atoms with Gasteiger partial charge in [0.25, 0.3) is 0 Å². The van der Waals surface area contributed by atoms with E-state index in [1.54, 1.807) is 43.3 Å². The molecule has 0 bridgehead atoms. The highest BCUT2D eigenvalue weighted by molar-refractivity contribution is 7.92. The minimum Gasteiger partial charge on any atom is -0.357 e. The normalized spacial score (nSPS) is 12.2. The summed E-state index contributed by atoms with van der Waals surface area (Å²) in [5, 5.41) is 3.04. The second-order valence-electron chi connectivity index (χ2n) is 7.43. The van der Waals surface area contributed by atoms with E-state index in [0.29, 0.717) is 10.7 Å². The summed E-state index contributed by atoms with van der Waals surface area (Å²) < 4.78 is 26.2. The number of likely N-dealkylation sites (N-methyl/N-ethyl adjacent to an activating group) is 1. The van der Waals surface area contributed by atoms with Gasteiger partial charge in [0.05, 0.1) is 11.9 Å². The number of hydrogen-bond donors (Lipinski definition) is 1. The van der Waals surface area contributed by atoms with E-state index in [-0.39, 0.29) is 12.5 Å². The highest BCUT2D eigenvalue weighted by Gasteiger charge is 2.30. The molecule has 2 aromatic rings. The molecule has 0 aromatic heterocycles. The van der Waals surface area contributed by atoms with Gasteiger partial charge in [0.2, 0.25) is 21.8 Å². The molecule has 2 aromatic carbocycles. The van der Waals surface area contributed by atoms with Crippen LogP contribution in [0.3, 0.4) is 0 Å². The first-order chi connectivity index (χ1) is 14.5. The molecule has 0 radical (unpaired) electrons. The Morgan fingerprint density at radius 1 is 1.13 bits per heavy atom. The lowest BCUT2D eigenvalue weighted by atomic mass is 10.1. The zero-order chi connectivity index (χ0) is 23.3. The van der Waals surface area contributed by atoms with Gasteiger partial charge in [-0.25, -0.2) is 8.42 Å². The number of carbonyl (C=O) groups excluding carboxylic acids is 2. The molecule has 0 heterocycles. The number of anilines is 1. The summed E-state index contributed by atoms with van der Waals surface area (Å²) in [6.45, 7) is 4.97. The van der Waals surface area contributed by atoms with Crippen molar-refractivity contribution in [1.29, 1.82) is 0 Å². The first-order valence-corrected chi connectivity index (χ1v) is 12.0. The van der Waals surface area contributed by atoms with E-state index in [0.717, 1.165) is 27.3 Å². The van der Waals surface area contributed by atoms with Gasteiger partial charge in [-0.15, -0.1) is 0 Å². The molecule has 0 aliphatic rings. The van der Waals surface area contributed by atoms with Crippen LogP contribution in [0.25, 0.3) is 0 Å². The van der Waals surface area contributed by atoms with E-state index < -0.39 is 28.5 Å². The van der Waals surface area contributed by atoms with Crippen molar-refractivity contribution in [3.8, 4) is 0 Å². The predicted octanol–water partition coefficient (Wildman–Crippen LogP) is 2.89. The summed E-state index contributed by atoms with van der Waals surface area (Å²) in [6.07, 6.45) is 1.06. The smallest absolute Gasteiger partial charge is 0.244 e. The van der Waals surface area contributed by atoms with Crippen LogP contribution in [-0.2, 0) is 26.2 Å². The Kier molecular flexibility index (Phi) is 8.08. The number of nitrogens with one attached hydrogen (secondary N) is 1. The summed E-state index contributed by atoms with van der Waals surface area (Å²) in [5.41, 5.74) is 2.84. The SMILES string of the molecule is CNC(=O)C(C)N(Cc1cccc(Cl)c1)C(=O)CN(c1cccc(C)c1C)S(C)(=O)=O. The Morgan fingerprint density at radius 3 is 2.35 bits per heavy atom. The number of carbonyl (C=O) groups is 2. The molecule has 0 fully saturated rings. The van der Waals surface area contributed by atoms with E-state index in [4.69, 9.17) is 11.6 Å². The van der Waals surface area contributed by atoms with Crippen LogP contribution in [0.15, 0.2) is 42.5 Å². The third kappa shape index (κ3) is 6.21. The lowest BCUT2D eigenvalue weighted by Crippen LogP contribution is -2.50. The van der Waals surface area contributed by atoms with Gasteiger partial charge >= 0.3 is 0 Å². The number of nitrogens with zero attached hydrogens (tertiary/aromatic N) is 2. The molecule has 0 aliphatic heterocycles. The van der Waals surface area contributed by atoms with Crippen LogP contribution >= 0.6 is 11.6 Å². The van der Waals surface area contributed by atoms with Crippen molar-refractivity contribution >= 4 is 39.1 Å². The molecule has 7 nitrogen and oxygen atoms in total. The van der Waals surface area contributed by atoms with Crippen molar-refractivity contribution in [2.75, 3.05) is 24.2 Å². The van der Waals surface area contributed by atoms with Gasteiger partial charge in [-0.3, -0.25) is 13.9 Å². The largest absolute Gasteiger partial charge is 0.357 e. The van der Waals surface area contributed by atoms with Crippen LogP contribution in [0.5, 0.6) is 0 Å². The molecule has 9 heteroatoms. The maximum atomic E-state index is 13.3. The average Bonchev–Trinajstić information content (AvgIpc) is 2.70. The van der Waals surface area contributed by atoms with E-state index >= 15 is 0 Å². The quantitative estimate of drug-likeness (QED) is 0.649. The summed E-state index contributed by atoms with van der Waals surface area (Å²) in [7, 11) is -2.27. The zero-order valence-corrected chi connectivity index (χ0v) is 19.9. The molecule has 2 rings (SSSR count). The number of rotatable bonds is 8. The van der Waals surface area contributed by atoms with Crippen molar-refractivity contribution in [2.45, 2.75) is 33.4 Å². The van der Waals surface area contributed by atoms with Crippen LogP contribution in [0.4, 0.5) is 5.69 Å². The van der Waals surface area contributed by atoms with E-state index in [1.165, 1.54) is 11.9 Å². The molecule has 1 N–H and O–H groups in total. The van der Waals surface area contributed by atoms with Crippen molar-refractivity contribution in [1.82, 2.24) is 10.2 Å². The third-order valence-electron chi connectivity index (χ3n) is 5.18. The summed E-state index contributed by atoms with van der Waals surface area (Å²) in [5.74, 6) is -0.851. The molecule has 0 aliphatic carbocycles. The number of halogens is 1. The van der Waals surface area contributed by atoms with Crippen LogP contribution in [0.2, 0.25) is 5.02 Å². The van der Waals surface area contributed by atoms with E-state index in [9.17, 15) is 18.0 Å². The number of benzene rings is 2. The number of amides is 2. The zero-order valence-electron chi connectivity index (χ0n) is 18.3. The number of hydrogen-bond acceptors (Lipinski definition) is 4. The van der Waals surface area contributed by atoms with Gasteiger partial charge in [-0.2, -0.15) is 0 Å². The maximum absolute atomic E-state index is 13.3. The highest BCUT2D eigenvalue weighted by Crippen LogP contribution is 2.25. The molecule has 2 amide bonds. The third-order valence-corrected chi connectivity index (χ3v) is 6.54. The topological polar surface area (TPSA) is 86.8 Å². The molecule has 31 heavy (non-hydrogen) atoms. The van der Waals surface area contributed by atoms with Crippen LogP contribution in [-0.4, -0.2) is 51.0 Å². The summed E-state index contributed by atoms with van der Waals surface area (Å²) >= 11 is 6.06. The second-order valence-corrected chi connectivity index (χ2v) is 9.77. The van der Waals surface area contributed by atoms with Crippen molar-refractivity contribution in [2.24, 2.45) is 0 Å². The average molecular weight is 466 g/mol. The summed E-state index contributed by atoms with van der Waals surface area (Å²) in [6, 6.07) is 11.4. The molecular formula is C22H28ClN3O4S. The summed E-state index contributed by atoms with van der Waals surface area (Å²) in [4.78, 5) is 27.0. The lowest BCUT2D eigenvalue weighted by Gasteiger charge is -2.31. The monoisotopic (exact) mass is 465 g/mol. The number of sulfonamides is 1. The fourth-order valence-electron chi connectivity index (χ4n) is 3.22. The second kappa shape index (κ2) is 10.2. The van der Waals surface area contributed by atoms with Gasteiger partial charge in [0.15, 0.2) is 0 Å². The van der Waals surface area contributed by atoms with E-state index in [2.05, 4.69) is 5.32 Å². The van der Waals surface area contributed by atoms with Gasteiger partial charge in [0.1, 0.15) is 12.6 Å². The minimum atomic E-state index is -3.75. The molecule has 0 saturated carbocycles. The predicted molar refractivity (Wildman–Crippen MR) is 124 cm³/mol. The fraction of sp³-hybridized carbons (Fsp3) is 0.364. The van der Waals surface area contributed by atoms with Crippen molar-refractivity contribution < 1.29 is 18.0 Å². The first kappa shape index (κ1) is 24.7. The molecule has 168 valence electrons. The number of aryl methyl sites for hydroxylation is 1.